The van der Waals surface area contributed by atoms with Crippen molar-refractivity contribution in [2.24, 2.45) is 0 Å². The van der Waals surface area contributed by atoms with Crippen LogP contribution in [-0.2, 0) is 16.1 Å². The first-order chi connectivity index (χ1) is 10.9. The normalized spacial score (nSPS) is 14.6. The van der Waals surface area contributed by atoms with Crippen molar-refractivity contribution in [3.05, 3.63) is 34.9 Å². The van der Waals surface area contributed by atoms with Gasteiger partial charge >= 0.3 is 6.03 Å². The number of carbonyl (C=O) groups excluding carboxylic acids is 3. The summed E-state index contributed by atoms with van der Waals surface area (Å²) in [7, 11) is 3.31. The number of urea groups is 1. The predicted molar refractivity (Wildman–Crippen MR) is 86.9 cm³/mol. The van der Waals surface area contributed by atoms with Gasteiger partial charge in [0.1, 0.15) is 6.54 Å². The van der Waals surface area contributed by atoms with Crippen LogP contribution >= 0.6 is 11.6 Å². The van der Waals surface area contributed by atoms with Crippen LogP contribution in [0.1, 0.15) is 18.4 Å². The molecule has 0 unspecified atom stereocenters. The van der Waals surface area contributed by atoms with E-state index in [0.717, 1.165) is 5.56 Å². The van der Waals surface area contributed by atoms with E-state index in [-0.39, 0.29) is 37.4 Å². The highest BCUT2D eigenvalue weighted by atomic mass is 35.5. The fourth-order valence-electron chi connectivity index (χ4n) is 2.47. The van der Waals surface area contributed by atoms with Crippen LogP contribution in [-0.4, -0.2) is 59.7 Å². The maximum absolute atomic E-state index is 12.1. The number of halogens is 1. The molecule has 1 aliphatic rings. The molecule has 124 valence electrons. The Morgan fingerprint density at radius 2 is 2.09 bits per heavy atom. The smallest absolute Gasteiger partial charge is 0.326 e. The molecule has 23 heavy (non-hydrogen) atoms. The number of amides is 4. The summed E-state index contributed by atoms with van der Waals surface area (Å²) in [5.41, 5.74) is 0.958. The molecule has 0 saturated carbocycles. The number of hydrogen-bond donors (Lipinski definition) is 0. The zero-order valence-corrected chi connectivity index (χ0v) is 14.0. The lowest BCUT2D eigenvalue weighted by Gasteiger charge is -2.18. The Morgan fingerprint density at radius 1 is 1.35 bits per heavy atom. The van der Waals surface area contributed by atoms with Crippen LogP contribution < -0.4 is 0 Å². The van der Waals surface area contributed by atoms with Gasteiger partial charge in [-0.15, -0.1) is 0 Å². The summed E-state index contributed by atoms with van der Waals surface area (Å²) < 4.78 is 0. The number of hydrogen-bond acceptors (Lipinski definition) is 3. The maximum Gasteiger partial charge on any atom is 0.326 e. The summed E-state index contributed by atoms with van der Waals surface area (Å²) in [6.07, 6.45) is 0.752. The van der Waals surface area contributed by atoms with Gasteiger partial charge in [-0.1, -0.05) is 23.7 Å². The first-order valence-corrected chi connectivity index (χ1v) is 7.80. The molecular formula is C16H20ClN3O3. The standard InChI is InChI=1S/C16H20ClN3O3/c1-18(10-12-5-3-6-13(17)9-12)14(21)7-4-8-20-15(22)11-19(2)16(20)23/h3,5-6,9H,4,7-8,10-11H2,1-2H3. The number of nitrogens with zero attached hydrogens (tertiary/aromatic N) is 3. The first kappa shape index (κ1) is 17.3. The van der Waals surface area contributed by atoms with Crippen molar-refractivity contribution in [2.45, 2.75) is 19.4 Å². The second-order valence-electron chi connectivity index (χ2n) is 5.67. The van der Waals surface area contributed by atoms with E-state index in [1.807, 2.05) is 18.2 Å². The van der Waals surface area contributed by atoms with Gasteiger partial charge in [0, 0.05) is 38.6 Å². The van der Waals surface area contributed by atoms with Crippen molar-refractivity contribution >= 4 is 29.4 Å². The lowest BCUT2D eigenvalue weighted by atomic mass is 10.2. The average molecular weight is 338 g/mol. The molecule has 0 atom stereocenters. The Kier molecular flexibility index (Phi) is 5.60. The Bertz CT molecular complexity index is 620. The molecule has 6 nitrogen and oxygen atoms in total. The number of carbonyl (C=O) groups is 3. The molecule has 0 spiro atoms. The largest absolute Gasteiger partial charge is 0.341 e. The third-order valence-electron chi connectivity index (χ3n) is 3.74. The zero-order valence-electron chi connectivity index (χ0n) is 13.3. The first-order valence-electron chi connectivity index (χ1n) is 7.42. The third-order valence-corrected chi connectivity index (χ3v) is 3.97. The van der Waals surface area contributed by atoms with E-state index in [1.54, 1.807) is 25.1 Å². The molecule has 1 saturated heterocycles. The van der Waals surface area contributed by atoms with Crippen LogP contribution in [0.4, 0.5) is 4.79 Å². The van der Waals surface area contributed by atoms with Gasteiger partial charge in [0.15, 0.2) is 0 Å². The van der Waals surface area contributed by atoms with Gasteiger partial charge in [0.05, 0.1) is 0 Å². The van der Waals surface area contributed by atoms with E-state index in [9.17, 15) is 14.4 Å². The van der Waals surface area contributed by atoms with Crippen LogP contribution in [0.15, 0.2) is 24.3 Å². The Labute approximate surface area is 140 Å². The number of imide groups is 1. The highest BCUT2D eigenvalue weighted by Crippen LogP contribution is 2.13. The van der Waals surface area contributed by atoms with Gasteiger partial charge < -0.3 is 9.80 Å². The fourth-order valence-corrected chi connectivity index (χ4v) is 2.68. The van der Waals surface area contributed by atoms with E-state index in [0.29, 0.717) is 18.0 Å². The van der Waals surface area contributed by atoms with Gasteiger partial charge in [-0.2, -0.15) is 0 Å². The summed E-state index contributed by atoms with van der Waals surface area (Å²) in [5.74, 6) is -0.241. The molecule has 0 aliphatic carbocycles. The number of likely N-dealkylation sites (N-methyl/N-ethyl adjacent to an activating group) is 1. The molecule has 4 amide bonds. The lowest BCUT2D eigenvalue weighted by molar-refractivity contribution is -0.131. The summed E-state index contributed by atoms with van der Waals surface area (Å²) >= 11 is 5.93. The second kappa shape index (κ2) is 7.46. The van der Waals surface area contributed by atoms with E-state index in [2.05, 4.69) is 0 Å². The summed E-state index contributed by atoms with van der Waals surface area (Å²) in [4.78, 5) is 39.7. The minimum Gasteiger partial charge on any atom is -0.341 e. The van der Waals surface area contributed by atoms with Gasteiger partial charge in [-0.05, 0) is 24.1 Å². The minimum absolute atomic E-state index is 0.0302. The average Bonchev–Trinajstić information content (AvgIpc) is 2.73. The van der Waals surface area contributed by atoms with E-state index in [4.69, 9.17) is 11.6 Å². The summed E-state index contributed by atoms with van der Waals surface area (Å²) in [5, 5.41) is 0.638. The van der Waals surface area contributed by atoms with E-state index >= 15 is 0 Å². The van der Waals surface area contributed by atoms with E-state index in [1.165, 1.54) is 9.80 Å². The maximum atomic E-state index is 12.1. The number of rotatable bonds is 6. The van der Waals surface area contributed by atoms with Gasteiger partial charge in [0.25, 0.3) is 0 Å². The lowest BCUT2D eigenvalue weighted by Crippen LogP contribution is -2.33. The molecule has 7 heteroatoms. The van der Waals surface area contributed by atoms with Gasteiger partial charge in [-0.3, -0.25) is 14.5 Å². The minimum atomic E-state index is -0.297. The molecule has 1 aromatic rings. The summed E-state index contributed by atoms with van der Waals surface area (Å²) in [6.45, 7) is 0.865. The molecule has 0 radical (unpaired) electrons. The van der Waals surface area contributed by atoms with Crippen LogP contribution in [0.2, 0.25) is 5.02 Å². The molecule has 1 heterocycles. The number of benzene rings is 1. The Hall–Kier alpha value is -2.08. The molecule has 0 bridgehead atoms. The topological polar surface area (TPSA) is 60.9 Å². The Balaban J connectivity index is 1.78. The van der Waals surface area contributed by atoms with Crippen molar-refractivity contribution in [2.75, 3.05) is 27.2 Å². The molecule has 2 rings (SSSR count). The van der Waals surface area contributed by atoms with Crippen molar-refractivity contribution in [3.8, 4) is 0 Å². The van der Waals surface area contributed by atoms with Crippen molar-refractivity contribution in [1.82, 2.24) is 14.7 Å². The molecule has 0 N–H and O–H groups in total. The highest BCUT2D eigenvalue weighted by molar-refractivity contribution is 6.30. The predicted octanol–water partition coefficient (Wildman–Crippen LogP) is 1.97. The van der Waals surface area contributed by atoms with E-state index < -0.39 is 0 Å². The second-order valence-corrected chi connectivity index (χ2v) is 6.10. The Morgan fingerprint density at radius 3 is 2.70 bits per heavy atom. The monoisotopic (exact) mass is 337 g/mol. The molecule has 0 aromatic heterocycles. The van der Waals surface area contributed by atoms with Gasteiger partial charge in [-0.25, -0.2) is 4.79 Å². The molecule has 1 aliphatic heterocycles. The molecular weight excluding hydrogens is 318 g/mol. The third kappa shape index (κ3) is 4.45. The highest BCUT2D eigenvalue weighted by Gasteiger charge is 2.32. The van der Waals surface area contributed by atoms with Crippen LogP contribution in [0.3, 0.4) is 0 Å². The zero-order chi connectivity index (χ0) is 17.0. The van der Waals surface area contributed by atoms with Crippen molar-refractivity contribution in [1.29, 1.82) is 0 Å². The molecule has 1 fully saturated rings. The molecule has 1 aromatic carbocycles. The van der Waals surface area contributed by atoms with Crippen LogP contribution in [0.5, 0.6) is 0 Å². The van der Waals surface area contributed by atoms with Crippen LogP contribution in [0, 0.1) is 0 Å². The van der Waals surface area contributed by atoms with Crippen molar-refractivity contribution < 1.29 is 14.4 Å². The van der Waals surface area contributed by atoms with Crippen LogP contribution in [0.25, 0.3) is 0 Å². The fraction of sp³-hybridized carbons (Fsp3) is 0.438. The van der Waals surface area contributed by atoms with Gasteiger partial charge in [0.2, 0.25) is 11.8 Å². The summed E-state index contributed by atoms with van der Waals surface area (Å²) in [6, 6.07) is 7.07. The SMILES string of the molecule is CN(Cc1cccc(Cl)c1)C(=O)CCCN1C(=O)CN(C)C1=O. The quantitative estimate of drug-likeness (QED) is 0.746. The van der Waals surface area contributed by atoms with Crippen molar-refractivity contribution in [3.63, 3.8) is 0 Å².